The van der Waals surface area contributed by atoms with E-state index in [0.29, 0.717) is 36.6 Å². The van der Waals surface area contributed by atoms with Gasteiger partial charge in [-0.05, 0) is 32.0 Å². The number of hydrogen-bond donors (Lipinski definition) is 1. The van der Waals surface area contributed by atoms with E-state index in [1.165, 1.54) is 0 Å². The molecule has 1 saturated heterocycles. The van der Waals surface area contributed by atoms with Crippen LogP contribution >= 0.6 is 0 Å². The van der Waals surface area contributed by atoms with Gasteiger partial charge in [0.25, 0.3) is 5.56 Å². The van der Waals surface area contributed by atoms with Gasteiger partial charge < -0.3 is 9.72 Å². The van der Waals surface area contributed by atoms with Crippen LogP contribution in [0.2, 0.25) is 0 Å². The number of nitrogens with one attached hydrogen (secondary N) is 1. The van der Waals surface area contributed by atoms with Crippen LogP contribution in [0.25, 0.3) is 16.7 Å². The van der Waals surface area contributed by atoms with Gasteiger partial charge in [-0.2, -0.15) is 10.2 Å². The van der Waals surface area contributed by atoms with Gasteiger partial charge in [0.1, 0.15) is 11.2 Å². The summed E-state index contributed by atoms with van der Waals surface area (Å²) in [5.41, 5.74) is 3.41. The van der Waals surface area contributed by atoms with Crippen LogP contribution in [0, 0.1) is 13.8 Å². The van der Waals surface area contributed by atoms with Gasteiger partial charge in [0.05, 0.1) is 43.4 Å². The normalized spacial score (nSPS) is 17.4. The lowest BCUT2D eigenvalue weighted by atomic mass is 10.2. The highest BCUT2D eigenvalue weighted by molar-refractivity contribution is 5.75. The van der Waals surface area contributed by atoms with Crippen molar-refractivity contribution in [1.29, 1.82) is 0 Å². The highest BCUT2D eigenvalue weighted by Crippen LogP contribution is 2.15. The Morgan fingerprint density at radius 2 is 2.06 bits per heavy atom. The van der Waals surface area contributed by atoms with Crippen molar-refractivity contribution in [3.05, 3.63) is 70.2 Å². The van der Waals surface area contributed by atoms with E-state index in [1.807, 2.05) is 41.9 Å². The van der Waals surface area contributed by atoms with E-state index in [9.17, 15) is 4.79 Å². The third-order valence-corrected chi connectivity index (χ3v) is 5.56. The number of aromatic amines is 1. The number of rotatable bonds is 5. The number of aromatic nitrogens is 6. The van der Waals surface area contributed by atoms with Crippen molar-refractivity contribution in [2.75, 3.05) is 19.7 Å². The fourth-order valence-corrected chi connectivity index (χ4v) is 4.10. The number of ether oxygens (including phenoxy) is 1. The van der Waals surface area contributed by atoms with Crippen LogP contribution in [-0.4, -0.2) is 60.2 Å². The molecule has 9 nitrogen and oxygen atoms in total. The van der Waals surface area contributed by atoms with Crippen LogP contribution in [0.15, 0.2) is 47.4 Å². The molecule has 1 aliphatic heterocycles. The summed E-state index contributed by atoms with van der Waals surface area (Å²) in [6, 6.07) is 11.8. The average Bonchev–Trinajstić information content (AvgIpc) is 3.32. The van der Waals surface area contributed by atoms with Gasteiger partial charge in [-0.1, -0.05) is 18.2 Å². The summed E-state index contributed by atoms with van der Waals surface area (Å²) in [5.74, 6) is 0.627. The van der Waals surface area contributed by atoms with E-state index in [1.54, 1.807) is 10.9 Å². The Hall–Kier alpha value is -3.30. The van der Waals surface area contributed by atoms with E-state index in [2.05, 4.69) is 33.1 Å². The van der Waals surface area contributed by atoms with Gasteiger partial charge in [0.15, 0.2) is 5.65 Å². The van der Waals surface area contributed by atoms with Gasteiger partial charge in [-0.3, -0.25) is 14.4 Å². The first kappa shape index (κ1) is 19.7. The number of H-pyrrole nitrogens is 1. The van der Waals surface area contributed by atoms with Crippen molar-refractivity contribution in [3.8, 4) is 5.69 Å². The summed E-state index contributed by atoms with van der Waals surface area (Å²) in [6.07, 6.45) is 1.61. The van der Waals surface area contributed by atoms with Crippen molar-refractivity contribution < 1.29 is 4.74 Å². The first-order chi connectivity index (χ1) is 15.1. The maximum Gasteiger partial charge on any atom is 0.262 e. The molecule has 0 radical (unpaired) electrons. The largest absolute Gasteiger partial charge is 0.374 e. The molecule has 160 valence electrons. The Bertz CT molecular complexity index is 1260. The molecule has 1 N–H and O–H groups in total. The minimum atomic E-state index is -0.172. The summed E-state index contributed by atoms with van der Waals surface area (Å²) >= 11 is 0. The van der Waals surface area contributed by atoms with Crippen molar-refractivity contribution in [1.82, 2.24) is 34.4 Å². The maximum atomic E-state index is 12.6. The molecule has 4 heterocycles. The number of nitrogens with zero attached hydrogens (tertiary/aromatic N) is 6. The second kappa shape index (κ2) is 8.09. The van der Waals surface area contributed by atoms with E-state index in [0.717, 1.165) is 30.2 Å². The van der Waals surface area contributed by atoms with Gasteiger partial charge in [-0.15, -0.1) is 0 Å². The molecule has 1 unspecified atom stereocenters. The Morgan fingerprint density at radius 1 is 1.23 bits per heavy atom. The molecular formula is C22H25N7O2. The lowest BCUT2D eigenvalue weighted by Gasteiger charge is -2.32. The first-order valence-corrected chi connectivity index (χ1v) is 10.4. The summed E-state index contributed by atoms with van der Waals surface area (Å²) < 4.78 is 9.67. The molecule has 31 heavy (non-hydrogen) atoms. The predicted octanol–water partition coefficient (Wildman–Crippen LogP) is 1.82. The van der Waals surface area contributed by atoms with E-state index in [4.69, 9.17) is 9.72 Å². The molecule has 0 aliphatic carbocycles. The van der Waals surface area contributed by atoms with Crippen molar-refractivity contribution in [2.24, 2.45) is 0 Å². The second-order valence-corrected chi connectivity index (χ2v) is 7.98. The van der Waals surface area contributed by atoms with Crippen LogP contribution in [0.5, 0.6) is 0 Å². The molecule has 0 spiro atoms. The zero-order chi connectivity index (χ0) is 21.4. The van der Waals surface area contributed by atoms with Crippen LogP contribution in [0.1, 0.15) is 17.2 Å². The molecule has 1 aromatic carbocycles. The van der Waals surface area contributed by atoms with Crippen LogP contribution in [0.4, 0.5) is 0 Å². The molecule has 0 bridgehead atoms. The first-order valence-electron chi connectivity index (χ1n) is 10.4. The summed E-state index contributed by atoms with van der Waals surface area (Å²) in [5, 5.41) is 9.40. The molecule has 1 fully saturated rings. The van der Waals surface area contributed by atoms with Gasteiger partial charge in [0.2, 0.25) is 0 Å². The summed E-state index contributed by atoms with van der Waals surface area (Å²) in [6.45, 7) is 7.47. The van der Waals surface area contributed by atoms with Crippen molar-refractivity contribution in [2.45, 2.75) is 33.0 Å². The lowest BCUT2D eigenvalue weighted by molar-refractivity contribution is -0.0411. The Balaban J connectivity index is 1.36. The molecule has 4 aromatic rings. The highest BCUT2D eigenvalue weighted by Gasteiger charge is 2.23. The van der Waals surface area contributed by atoms with E-state index in [-0.39, 0.29) is 11.7 Å². The average molecular weight is 419 g/mol. The number of fused-ring (bicyclic) bond motifs is 1. The third kappa shape index (κ3) is 4.01. The highest BCUT2D eigenvalue weighted by atomic mass is 16.5. The molecule has 3 aromatic heterocycles. The number of aryl methyl sites for hydroxylation is 2. The molecular weight excluding hydrogens is 394 g/mol. The van der Waals surface area contributed by atoms with Crippen molar-refractivity contribution >= 4 is 11.0 Å². The Morgan fingerprint density at radius 3 is 2.84 bits per heavy atom. The van der Waals surface area contributed by atoms with E-state index < -0.39 is 0 Å². The van der Waals surface area contributed by atoms with Gasteiger partial charge >= 0.3 is 0 Å². The number of para-hydroxylation sites is 1. The molecule has 1 atom stereocenters. The lowest BCUT2D eigenvalue weighted by Crippen LogP contribution is -2.44. The Kier molecular flexibility index (Phi) is 5.13. The molecule has 1 aliphatic rings. The standard InChI is InChI=1S/C22H25N7O2/c1-15-10-16(2)28(26-15)13-18-12-27(8-9-31-18)14-20-24-21-19(22(30)25-20)11-23-29(21)17-6-4-3-5-7-17/h3-7,10-11,18H,8-9,12-14H2,1-2H3,(H,24,25,30). The fourth-order valence-electron chi connectivity index (χ4n) is 4.10. The van der Waals surface area contributed by atoms with Crippen molar-refractivity contribution in [3.63, 3.8) is 0 Å². The monoisotopic (exact) mass is 419 g/mol. The minimum absolute atomic E-state index is 0.0389. The summed E-state index contributed by atoms with van der Waals surface area (Å²) in [7, 11) is 0. The van der Waals surface area contributed by atoms with E-state index >= 15 is 0 Å². The zero-order valence-corrected chi connectivity index (χ0v) is 17.7. The SMILES string of the molecule is Cc1cc(C)n(CC2CN(Cc3nc4c(cnn4-c4ccccc4)c(=O)[nH]3)CCO2)n1. The van der Waals surface area contributed by atoms with Gasteiger partial charge in [-0.25, -0.2) is 9.67 Å². The number of morpholine rings is 1. The molecule has 5 rings (SSSR count). The van der Waals surface area contributed by atoms with Crippen LogP contribution < -0.4 is 5.56 Å². The zero-order valence-electron chi connectivity index (χ0n) is 17.7. The molecule has 0 saturated carbocycles. The predicted molar refractivity (Wildman–Crippen MR) is 116 cm³/mol. The topological polar surface area (TPSA) is 93.9 Å². The maximum absolute atomic E-state index is 12.6. The van der Waals surface area contributed by atoms with Crippen LogP contribution in [0.3, 0.4) is 0 Å². The van der Waals surface area contributed by atoms with Gasteiger partial charge in [0, 0.05) is 18.8 Å². The number of hydrogen-bond acceptors (Lipinski definition) is 6. The smallest absolute Gasteiger partial charge is 0.262 e. The van der Waals surface area contributed by atoms with Crippen LogP contribution in [-0.2, 0) is 17.8 Å². The quantitative estimate of drug-likeness (QED) is 0.530. The molecule has 0 amide bonds. The Labute approximate surface area is 179 Å². The molecule has 9 heteroatoms. The second-order valence-electron chi connectivity index (χ2n) is 7.98. The minimum Gasteiger partial charge on any atom is -0.374 e. The fraction of sp³-hybridized carbons (Fsp3) is 0.364. The summed E-state index contributed by atoms with van der Waals surface area (Å²) in [4.78, 5) is 22.5. The third-order valence-electron chi connectivity index (χ3n) is 5.56. The number of benzene rings is 1.